The zero-order valence-corrected chi connectivity index (χ0v) is 29.6. The molecular formula is C36H40I2O7. The number of ether oxygens (including phenoxy) is 5. The minimum absolute atomic E-state index is 0.0465. The van der Waals surface area contributed by atoms with E-state index >= 15 is 0 Å². The molecule has 9 heteroatoms. The van der Waals surface area contributed by atoms with Crippen molar-refractivity contribution >= 4 is 45.2 Å². The highest BCUT2D eigenvalue weighted by Crippen LogP contribution is 2.40. The molecule has 1 heterocycles. The van der Waals surface area contributed by atoms with Gasteiger partial charge in [0.05, 0.1) is 58.5 Å². The number of hydrogen-bond donors (Lipinski definition) is 2. The number of aliphatic hydroxyl groups excluding tert-OH is 1. The Balaban J connectivity index is 1.46. The van der Waals surface area contributed by atoms with Gasteiger partial charge in [-0.1, -0.05) is 42.5 Å². The number of rotatable bonds is 0. The van der Waals surface area contributed by atoms with Crippen LogP contribution < -0.4 is 4.74 Å². The molecule has 0 saturated carbocycles. The first-order chi connectivity index (χ1) is 22.0. The van der Waals surface area contributed by atoms with Gasteiger partial charge < -0.3 is 33.9 Å². The summed E-state index contributed by atoms with van der Waals surface area (Å²) >= 11 is 4.71. The molecule has 4 atom stereocenters. The van der Waals surface area contributed by atoms with Crippen LogP contribution in [0.3, 0.4) is 0 Å². The van der Waals surface area contributed by atoms with Gasteiger partial charge >= 0.3 is 0 Å². The molecule has 0 radical (unpaired) electrons. The van der Waals surface area contributed by atoms with Crippen LogP contribution in [0.25, 0.3) is 0 Å². The largest absolute Gasteiger partial charge is 0.507 e. The fraction of sp³-hybridized carbons (Fsp3) is 0.444. The number of phenols is 1. The van der Waals surface area contributed by atoms with E-state index in [1.807, 2.05) is 6.07 Å². The fourth-order valence-corrected chi connectivity index (χ4v) is 8.26. The van der Waals surface area contributed by atoms with Crippen LogP contribution in [0.15, 0.2) is 75.4 Å². The van der Waals surface area contributed by atoms with Crippen molar-refractivity contribution in [3.8, 4) is 11.5 Å². The molecule has 3 aliphatic carbocycles. The van der Waals surface area contributed by atoms with Crippen molar-refractivity contribution < 1.29 is 33.9 Å². The van der Waals surface area contributed by atoms with Gasteiger partial charge in [-0.05, 0) is 116 Å². The maximum Gasteiger partial charge on any atom is 0.126 e. The van der Waals surface area contributed by atoms with Crippen molar-refractivity contribution in [2.45, 2.75) is 37.9 Å². The second-order valence-electron chi connectivity index (χ2n) is 11.9. The van der Waals surface area contributed by atoms with E-state index in [4.69, 9.17) is 23.7 Å². The Morgan fingerprint density at radius 2 is 1.38 bits per heavy atom. The fourth-order valence-electron chi connectivity index (χ4n) is 6.65. The summed E-state index contributed by atoms with van der Waals surface area (Å²) < 4.78 is 32.5. The quantitative estimate of drug-likeness (QED) is 0.304. The maximum absolute atomic E-state index is 11.8. The number of hydrogen-bond acceptors (Lipinski definition) is 7. The molecule has 240 valence electrons. The molecule has 0 saturated heterocycles. The SMILES string of the molecule is Oc1c2cc(I)cc1Cc1cccc3c1OCCOCCOCCOCCOC1C(=CC=CC1C[C@@H]1C=C(I)C=C(C3)C1O)C2. The topological polar surface area (TPSA) is 86.6 Å². The summed E-state index contributed by atoms with van der Waals surface area (Å²) in [5, 5.41) is 23.5. The molecule has 1 aliphatic heterocycles. The Kier molecular flexibility index (Phi) is 11.7. The lowest BCUT2D eigenvalue weighted by Crippen LogP contribution is -2.34. The first kappa shape index (κ1) is 33.2. The number of aliphatic hydroxyl groups is 1. The van der Waals surface area contributed by atoms with Crippen LogP contribution >= 0.6 is 45.2 Å². The van der Waals surface area contributed by atoms with Gasteiger partial charge in [0, 0.05) is 25.4 Å². The van der Waals surface area contributed by atoms with E-state index in [-0.39, 0.29) is 17.9 Å². The smallest absolute Gasteiger partial charge is 0.126 e. The Bertz CT molecular complexity index is 1480. The first-order valence-corrected chi connectivity index (χ1v) is 17.8. The zero-order valence-electron chi connectivity index (χ0n) is 25.3. The predicted octanol–water partition coefficient (Wildman–Crippen LogP) is 6.25. The third kappa shape index (κ3) is 8.41. The molecule has 2 aromatic carbocycles. The monoisotopic (exact) mass is 838 g/mol. The molecule has 4 aliphatic rings. The van der Waals surface area contributed by atoms with Crippen molar-refractivity contribution in [3.63, 3.8) is 0 Å². The summed E-state index contributed by atoms with van der Waals surface area (Å²) in [7, 11) is 0. The summed E-state index contributed by atoms with van der Waals surface area (Å²) in [5.74, 6) is 1.07. The second kappa shape index (κ2) is 15.9. The average Bonchev–Trinajstić information content (AvgIpc) is 3.01. The number of allylic oxidation sites excluding steroid dienone is 4. The molecule has 7 nitrogen and oxygen atoms in total. The van der Waals surface area contributed by atoms with Crippen molar-refractivity contribution in [2.75, 3.05) is 52.9 Å². The number of para-hydroxylation sites is 1. The number of halogens is 2. The van der Waals surface area contributed by atoms with E-state index in [2.05, 4.69) is 99.8 Å². The van der Waals surface area contributed by atoms with Gasteiger partial charge in [0.1, 0.15) is 18.1 Å². The normalized spacial score (nSPS) is 26.6. The van der Waals surface area contributed by atoms with E-state index < -0.39 is 6.10 Å². The van der Waals surface area contributed by atoms with Crippen LogP contribution in [-0.4, -0.2) is 75.3 Å². The molecule has 45 heavy (non-hydrogen) atoms. The van der Waals surface area contributed by atoms with Gasteiger partial charge in [0.15, 0.2) is 0 Å². The Morgan fingerprint density at radius 3 is 2.13 bits per heavy atom. The Morgan fingerprint density at radius 1 is 0.733 bits per heavy atom. The third-order valence-corrected chi connectivity index (χ3v) is 10.1. The van der Waals surface area contributed by atoms with Crippen molar-refractivity contribution in [1.29, 1.82) is 0 Å². The molecule has 3 unspecified atom stereocenters. The summed E-state index contributed by atoms with van der Waals surface area (Å²) in [6.07, 6.45) is 12.2. The standard InChI is InChI=1S/C36H40I2O7/c37-31-19-27-15-23-3-1-4-24-16-28-20-32(38)22-30(34(28)40)18-26-6-2-5-25(17-29(21-31)33(27)39)36(26)45-14-12-43-10-8-41-7-9-42-11-13-44-35(23)24/h1-6,19-23,27,33,35,39-40H,7-18H2/t23?,27-,33?,35?/m1/s1. The molecule has 2 N–H and O–H groups in total. The molecule has 0 fully saturated rings. The first-order valence-electron chi connectivity index (χ1n) is 15.7. The van der Waals surface area contributed by atoms with E-state index in [1.54, 1.807) is 0 Å². The minimum Gasteiger partial charge on any atom is -0.507 e. The zero-order chi connectivity index (χ0) is 31.2. The van der Waals surface area contributed by atoms with Crippen LogP contribution in [0.5, 0.6) is 11.5 Å². The van der Waals surface area contributed by atoms with Crippen LogP contribution in [0, 0.1) is 15.4 Å². The van der Waals surface area contributed by atoms with E-state index in [1.165, 1.54) is 0 Å². The van der Waals surface area contributed by atoms with Crippen LogP contribution in [0.2, 0.25) is 0 Å². The summed E-state index contributed by atoms with van der Waals surface area (Å²) in [5.41, 5.74) is 5.80. The Labute approximate surface area is 292 Å². The van der Waals surface area contributed by atoms with Gasteiger partial charge in [-0.15, -0.1) is 0 Å². The Hall–Kier alpha value is -1.74. The van der Waals surface area contributed by atoms with Crippen molar-refractivity contribution in [2.24, 2.45) is 11.8 Å². The van der Waals surface area contributed by atoms with Gasteiger partial charge in [-0.25, -0.2) is 0 Å². The summed E-state index contributed by atoms with van der Waals surface area (Å²) in [6, 6.07) is 10.3. The number of benzene rings is 2. The summed E-state index contributed by atoms with van der Waals surface area (Å²) in [6.45, 7) is 3.61. The van der Waals surface area contributed by atoms with Gasteiger partial charge in [-0.2, -0.15) is 0 Å². The lowest BCUT2D eigenvalue weighted by molar-refractivity contribution is -0.0236. The van der Waals surface area contributed by atoms with Gasteiger partial charge in [0.25, 0.3) is 0 Å². The molecule has 0 aromatic heterocycles. The van der Waals surface area contributed by atoms with Crippen LogP contribution in [-0.2, 0) is 38.2 Å². The van der Waals surface area contributed by atoms with Crippen molar-refractivity contribution in [3.05, 3.63) is 101 Å². The van der Waals surface area contributed by atoms with Crippen LogP contribution in [0.1, 0.15) is 28.7 Å². The average molecular weight is 839 g/mol. The molecule has 0 amide bonds. The molecular weight excluding hydrogens is 798 g/mol. The highest BCUT2D eigenvalue weighted by Gasteiger charge is 2.34. The van der Waals surface area contributed by atoms with Gasteiger partial charge in [-0.3, -0.25) is 0 Å². The third-order valence-electron chi connectivity index (χ3n) is 8.77. The summed E-state index contributed by atoms with van der Waals surface area (Å²) in [4.78, 5) is 0. The molecule has 10 bridgehead atoms. The van der Waals surface area contributed by atoms with Crippen molar-refractivity contribution in [1.82, 2.24) is 0 Å². The van der Waals surface area contributed by atoms with E-state index in [0.29, 0.717) is 77.9 Å². The lowest BCUT2D eigenvalue weighted by atomic mass is 9.77. The number of fused-ring (bicyclic) bond motifs is 2. The maximum atomic E-state index is 11.8. The lowest BCUT2D eigenvalue weighted by Gasteiger charge is -2.35. The molecule has 6 rings (SSSR count). The van der Waals surface area contributed by atoms with Crippen LogP contribution in [0.4, 0.5) is 0 Å². The second-order valence-corrected chi connectivity index (χ2v) is 14.4. The minimum atomic E-state index is -0.626. The van der Waals surface area contributed by atoms with E-state index in [0.717, 1.165) is 52.7 Å². The highest BCUT2D eigenvalue weighted by molar-refractivity contribution is 14.1. The van der Waals surface area contributed by atoms with Gasteiger partial charge in [0.2, 0.25) is 0 Å². The van der Waals surface area contributed by atoms with E-state index in [9.17, 15) is 10.2 Å². The number of phenolic OH excluding ortho intramolecular Hbond substituents is 1. The molecule has 0 spiro atoms. The predicted molar refractivity (Wildman–Crippen MR) is 190 cm³/mol. The number of aromatic hydroxyl groups is 1. The molecule has 2 aromatic rings. The highest BCUT2D eigenvalue weighted by atomic mass is 127.